The van der Waals surface area contributed by atoms with Gasteiger partial charge in [-0.1, -0.05) is 25.1 Å². The van der Waals surface area contributed by atoms with Crippen LogP contribution < -0.4 is 10.1 Å². The largest absolute Gasteiger partial charge is 0.508 e. The number of rotatable bonds is 3. The van der Waals surface area contributed by atoms with E-state index in [0.717, 1.165) is 17.7 Å². The normalized spacial score (nSPS) is 16.6. The van der Waals surface area contributed by atoms with Gasteiger partial charge in [-0.25, -0.2) is 0 Å². The highest BCUT2D eigenvalue weighted by molar-refractivity contribution is 5.60. The van der Waals surface area contributed by atoms with E-state index < -0.39 is 0 Å². The fourth-order valence-corrected chi connectivity index (χ4v) is 2.72. The lowest BCUT2D eigenvalue weighted by molar-refractivity contribution is 0.338. The monoisotopic (exact) mass is 269 g/mol. The molecule has 2 aromatic carbocycles. The standard InChI is InChI=1S/C17H19NO2/c1-3-12-6-4-5-11(2)17(12)18-15-10-20-16-9-13(19)7-8-14(15)16/h4-9,15,18-19H,3,10H2,1-2H3. The molecule has 0 aromatic heterocycles. The molecule has 104 valence electrons. The Bertz CT molecular complexity index is 637. The Morgan fingerprint density at radius 2 is 2.15 bits per heavy atom. The molecule has 0 aliphatic carbocycles. The number of fused-ring (bicyclic) bond motifs is 1. The molecular weight excluding hydrogens is 250 g/mol. The Labute approximate surface area is 119 Å². The summed E-state index contributed by atoms with van der Waals surface area (Å²) in [5.74, 6) is 1.02. The van der Waals surface area contributed by atoms with Crippen LogP contribution in [0.25, 0.3) is 0 Å². The quantitative estimate of drug-likeness (QED) is 0.890. The lowest BCUT2D eigenvalue weighted by Gasteiger charge is -2.18. The number of anilines is 1. The Hall–Kier alpha value is -2.16. The Kier molecular flexibility index (Phi) is 3.26. The van der Waals surface area contributed by atoms with E-state index in [2.05, 4.69) is 37.4 Å². The average molecular weight is 269 g/mol. The summed E-state index contributed by atoms with van der Waals surface area (Å²) in [6, 6.07) is 11.8. The van der Waals surface area contributed by atoms with Crippen molar-refractivity contribution in [2.24, 2.45) is 0 Å². The van der Waals surface area contributed by atoms with Crippen LogP contribution in [0.3, 0.4) is 0 Å². The zero-order chi connectivity index (χ0) is 14.1. The third-order valence-corrected chi connectivity index (χ3v) is 3.84. The van der Waals surface area contributed by atoms with E-state index in [4.69, 9.17) is 4.74 Å². The van der Waals surface area contributed by atoms with Crippen molar-refractivity contribution < 1.29 is 9.84 Å². The first-order valence-corrected chi connectivity index (χ1v) is 6.99. The maximum absolute atomic E-state index is 9.50. The van der Waals surface area contributed by atoms with Gasteiger partial charge in [0.25, 0.3) is 0 Å². The van der Waals surface area contributed by atoms with Gasteiger partial charge in [0.1, 0.15) is 18.1 Å². The molecule has 0 radical (unpaired) electrons. The predicted molar refractivity (Wildman–Crippen MR) is 80.5 cm³/mol. The van der Waals surface area contributed by atoms with E-state index >= 15 is 0 Å². The van der Waals surface area contributed by atoms with E-state index in [0.29, 0.717) is 6.61 Å². The van der Waals surface area contributed by atoms with Crippen molar-refractivity contribution >= 4 is 5.69 Å². The molecular formula is C17H19NO2. The third kappa shape index (κ3) is 2.20. The third-order valence-electron chi connectivity index (χ3n) is 3.84. The number of phenols is 1. The van der Waals surface area contributed by atoms with E-state index in [1.165, 1.54) is 16.8 Å². The van der Waals surface area contributed by atoms with Crippen molar-refractivity contribution in [1.29, 1.82) is 0 Å². The molecule has 0 spiro atoms. The van der Waals surface area contributed by atoms with Crippen LogP contribution in [0.4, 0.5) is 5.69 Å². The van der Waals surface area contributed by atoms with Crippen molar-refractivity contribution in [2.75, 3.05) is 11.9 Å². The summed E-state index contributed by atoms with van der Waals surface area (Å²) in [4.78, 5) is 0. The van der Waals surface area contributed by atoms with Gasteiger partial charge < -0.3 is 15.2 Å². The van der Waals surface area contributed by atoms with Crippen LogP contribution in [-0.2, 0) is 6.42 Å². The summed E-state index contributed by atoms with van der Waals surface area (Å²) < 4.78 is 5.65. The van der Waals surface area contributed by atoms with E-state index in [1.54, 1.807) is 12.1 Å². The van der Waals surface area contributed by atoms with Gasteiger partial charge in [0.2, 0.25) is 0 Å². The van der Waals surface area contributed by atoms with Gasteiger partial charge in [0, 0.05) is 17.3 Å². The lowest BCUT2D eigenvalue weighted by Crippen LogP contribution is -2.14. The highest BCUT2D eigenvalue weighted by Crippen LogP contribution is 2.37. The minimum Gasteiger partial charge on any atom is -0.508 e. The first-order valence-electron chi connectivity index (χ1n) is 6.99. The van der Waals surface area contributed by atoms with Crippen LogP contribution in [0.15, 0.2) is 36.4 Å². The number of ether oxygens (including phenoxy) is 1. The first-order chi connectivity index (χ1) is 9.69. The van der Waals surface area contributed by atoms with Gasteiger partial charge in [-0.3, -0.25) is 0 Å². The molecule has 3 rings (SSSR count). The van der Waals surface area contributed by atoms with Gasteiger partial charge in [-0.05, 0) is 36.6 Å². The van der Waals surface area contributed by atoms with Crippen molar-refractivity contribution in [3.63, 3.8) is 0 Å². The Balaban J connectivity index is 1.91. The number of para-hydroxylation sites is 1. The van der Waals surface area contributed by atoms with Crippen LogP contribution in [0.1, 0.15) is 29.7 Å². The minimum absolute atomic E-state index is 0.136. The van der Waals surface area contributed by atoms with Crippen LogP contribution >= 0.6 is 0 Å². The van der Waals surface area contributed by atoms with Gasteiger partial charge in [-0.2, -0.15) is 0 Å². The molecule has 0 saturated carbocycles. The van der Waals surface area contributed by atoms with Crippen LogP contribution in [-0.4, -0.2) is 11.7 Å². The van der Waals surface area contributed by atoms with Crippen LogP contribution in [0.5, 0.6) is 11.5 Å². The number of aromatic hydroxyl groups is 1. The molecule has 2 N–H and O–H groups in total. The maximum Gasteiger partial charge on any atom is 0.128 e. The van der Waals surface area contributed by atoms with Crippen molar-refractivity contribution in [1.82, 2.24) is 0 Å². The first kappa shape index (κ1) is 12.9. The SMILES string of the molecule is CCc1cccc(C)c1NC1COc2cc(O)ccc21. The number of benzene rings is 2. The average Bonchev–Trinajstić information content (AvgIpc) is 2.83. The van der Waals surface area contributed by atoms with Crippen molar-refractivity contribution in [3.8, 4) is 11.5 Å². The summed E-state index contributed by atoms with van der Waals surface area (Å²) in [6.07, 6.45) is 1.00. The van der Waals surface area contributed by atoms with Gasteiger partial charge in [-0.15, -0.1) is 0 Å². The van der Waals surface area contributed by atoms with Crippen molar-refractivity contribution in [2.45, 2.75) is 26.3 Å². The number of phenolic OH excluding ortho intramolecular Hbond substituents is 1. The minimum atomic E-state index is 0.136. The Morgan fingerprint density at radius 3 is 2.95 bits per heavy atom. The molecule has 0 fully saturated rings. The second kappa shape index (κ2) is 5.08. The molecule has 1 aliphatic rings. The van der Waals surface area contributed by atoms with Crippen LogP contribution in [0, 0.1) is 6.92 Å². The summed E-state index contributed by atoms with van der Waals surface area (Å²) >= 11 is 0. The van der Waals surface area contributed by atoms with Crippen molar-refractivity contribution in [3.05, 3.63) is 53.1 Å². The number of nitrogens with one attached hydrogen (secondary N) is 1. The molecule has 1 unspecified atom stereocenters. The maximum atomic E-state index is 9.50. The Morgan fingerprint density at radius 1 is 1.30 bits per heavy atom. The molecule has 0 bridgehead atoms. The summed E-state index contributed by atoms with van der Waals surface area (Å²) in [7, 11) is 0. The molecule has 2 aromatic rings. The van der Waals surface area contributed by atoms with E-state index in [1.807, 2.05) is 6.07 Å². The fourth-order valence-electron chi connectivity index (χ4n) is 2.72. The van der Waals surface area contributed by atoms with Crippen LogP contribution in [0.2, 0.25) is 0 Å². The molecule has 0 amide bonds. The van der Waals surface area contributed by atoms with Gasteiger partial charge >= 0.3 is 0 Å². The summed E-state index contributed by atoms with van der Waals surface area (Å²) in [5.41, 5.74) is 4.87. The highest BCUT2D eigenvalue weighted by atomic mass is 16.5. The van der Waals surface area contributed by atoms with Gasteiger partial charge in [0.05, 0.1) is 6.04 Å². The second-order valence-electron chi connectivity index (χ2n) is 5.19. The zero-order valence-corrected chi connectivity index (χ0v) is 11.8. The van der Waals surface area contributed by atoms with E-state index in [9.17, 15) is 5.11 Å². The van der Waals surface area contributed by atoms with E-state index in [-0.39, 0.29) is 11.8 Å². The molecule has 3 nitrogen and oxygen atoms in total. The number of hydrogen-bond acceptors (Lipinski definition) is 3. The summed E-state index contributed by atoms with van der Waals surface area (Å²) in [5, 5.41) is 13.1. The molecule has 1 atom stereocenters. The highest BCUT2D eigenvalue weighted by Gasteiger charge is 2.25. The molecule has 1 aliphatic heterocycles. The molecule has 20 heavy (non-hydrogen) atoms. The molecule has 1 heterocycles. The fraction of sp³-hybridized carbons (Fsp3) is 0.294. The lowest BCUT2D eigenvalue weighted by atomic mass is 10.0. The zero-order valence-electron chi connectivity index (χ0n) is 11.8. The number of aryl methyl sites for hydroxylation is 2. The predicted octanol–water partition coefficient (Wildman–Crippen LogP) is 3.81. The second-order valence-corrected chi connectivity index (χ2v) is 5.19. The summed E-state index contributed by atoms with van der Waals surface area (Å²) in [6.45, 7) is 4.88. The number of hydrogen-bond donors (Lipinski definition) is 2. The van der Waals surface area contributed by atoms with Gasteiger partial charge in [0.15, 0.2) is 0 Å². The molecule has 3 heteroatoms. The smallest absolute Gasteiger partial charge is 0.128 e. The topological polar surface area (TPSA) is 41.5 Å². The molecule has 0 saturated heterocycles.